The number of aliphatic imine (C=N–C) groups is 1. The summed E-state index contributed by atoms with van der Waals surface area (Å²) in [6, 6.07) is 8.24. The molecule has 1 aromatic carbocycles. The average Bonchev–Trinajstić information content (AvgIpc) is 2.97. The molecular weight excluding hydrogens is 447 g/mol. The van der Waals surface area contributed by atoms with Crippen molar-refractivity contribution in [3.05, 3.63) is 45.9 Å². The summed E-state index contributed by atoms with van der Waals surface area (Å²) in [6.07, 6.45) is 0.920. The van der Waals surface area contributed by atoms with E-state index in [1.807, 2.05) is 33.0 Å². The Bertz CT molecular complexity index is 675. The zero-order chi connectivity index (χ0) is 17.4. The highest BCUT2D eigenvalue weighted by Gasteiger charge is 2.08. The van der Waals surface area contributed by atoms with Crippen molar-refractivity contribution in [3.8, 4) is 5.75 Å². The van der Waals surface area contributed by atoms with Crippen molar-refractivity contribution in [2.45, 2.75) is 26.8 Å². The average molecular weight is 474 g/mol. The van der Waals surface area contributed by atoms with Gasteiger partial charge in [0, 0.05) is 26.0 Å². The predicted molar refractivity (Wildman–Crippen MR) is 116 cm³/mol. The van der Waals surface area contributed by atoms with Gasteiger partial charge in [-0.1, -0.05) is 12.1 Å². The van der Waals surface area contributed by atoms with Crippen LogP contribution in [0, 0.1) is 6.92 Å². The third kappa shape index (κ3) is 7.19. The number of ether oxygens (including phenoxy) is 1. The minimum atomic E-state index is 0. The third-order valence-electron chi connectivity index (χ3n) is 3.55. The van der Waals surface area contributed by atoms with Crippen molar-refractivity contribution in [1.82, 2.24) is 15.2 Å². The number of nitrogens with zero attached hydrogens (tertiary/aromatic N) is 3. The van der Waals surface area contributed by atoms with Crippen LogP contribution in [0.2, 0.25) is 0 Å². The van der Waals surface area contributed by atoms with Crippen molar-refractivity contribution >= 4 is 41.3 Å². The number of nitrogens with one attached hydrogen (secondary N) is 1. The summed E-state index contributed by atoms with van der Waals surface area (Å²) in [7, 11) is 3.83. The summed E-state index contributed by atoms with van der Waals surface area (Å²) in [6.45, 7) is 6.29. The topological polar surface area (TPSA) is 49.8 Å². The van der Waals surface area contributed by atoms with Gasteiger partial charge in [-0.05, 0) is 38.0 Å². The van der Waals surface area contributed by atoms with Gasteiger partial charge in [0.2, 0.25) is 0 Å². The van der Waals surface area contributed by atoms with E-state index in [0.29, 0.717) is 6.61 Å². The van der Waals surface area contributed by atoms with Gasteiger partial charge in [-0.15, -0.1) is 35.3 Å². The molecule has 1 aromatic heterocycles. The van der Waals surface area contributed by atoms with E-state index in [4.69, 9.17) is 4.74 Å². The smallest absolute Gasteiger partial charge is 0.193 e. The lowest BCUT2D eigenvalue weighted by molar-refractivity contribution is 0.340. The van der Waals surface area contributed by atoms with Crippen LogP contribution >= 0.6 is 35.3 Å². The molecule has 0 unspecified atom stereocenters. The van der Waals surface area contributed by atoms with Crippen LogP contribution in [-0.4, -0.2) is 43.1 Å². The van der Waals surface area contributed by atoms with Gasteiger partial charge in [0.1, 0.15) is 5.75 Å². The number of rotatable bonds is 7. The molecule has 0 fully saturated rings. The maximum atomic E-state index is 5.54. The van der Waals surface area contributed by atoms with Gasteiger partial charge in [-0.3, -0.25) is 4.99 Å². The molecule has 2 aromatic rings. The minimum Gasteiger partial charge on any atom is -0.494 e. The fourth-order valence-electron chi connectivity index (χ4n) is 2.46. The van der Waals surface area contributed by atoms with Gasteiger partial charge in [0.25, 0.3) is 0 Å². The maximum Gasteiger partial charge on any atom is 0.193 e. The van der Waals surface area contributed by atoms with E-state index in [1.54, 1.807) is 18.4 Å². The molecule has 0 aliphatic carbocycles. The summed E-state index contributed by atoms with van der Waals surface area (Å²) < 4.78 is 5.54. The Morgan fingerprint density at radius 1 is 1.40 bits per heavy atom. The van der Waals surface area contributed by atoms with E-state index in [2.05, 4.69) is 37.7 Å². The van der Waals surface area contributed by atoms with E-state index in [0.717, 1.165) is 41.9 Å². The van der Waals surface area contributed by atoms with Crippen LogP contribution in [0.3, 0.4) is 0 Å². The highest BCUT2D eigenvalue weighted by Crippen LogP contribution is 2.13. The van der Waals surface area contributed by atoms with Crippen LogP contribution < -0.4 is 10.1 Å². The number of guanidine groups is 1. The normalized spacial score (nSPS) is 11.0. The first kappa shape index (κ1) is 21.7. The van der Waals surface area contributed by atoms with E-state index < -0.39 is 0 Å². The first-order valence-electron chi connectivity index (χ1n) is 8.17. The van der Waals surface area contributed by atoms with Gasteiger partial charge in [0.05, 0.1) is 23.9 Å². The number of benzene rings is 1. The number of aromatic nitrogens is 1. The highest BCUT2D eigenvalue weighted by molar-refractivity contribution is 14.0. The third-order valence-corrected chi connectivity index (χ3v) is 4.37. The molecule has 0 amide bonds. The lowest BCUT2D eigenvalue weighted by atomic mass is 10.1. The second-order valence-electron chi connectivity index (χ2n) is 5.52. The number of hydrogen-bond acceptors (Lipinski definition) is 4. The summed E-state index contributed by atoms with van der Waals surface area (Å²) in [4.78, 5) is 10.9. The van der Waals surface area contributed by atoms with E-state index in [1.165, 1.54) is 5.56 Å². The number of hydrogen-bond donors (Lipinski definition) is 1. The van der Waals surface area contributed by atoms with Gasteiger partial charge < -0.3 is 15.0 Å². The molecular formula is C18H27IN4OS. The molecule has 25 heavy (non-hydrogen) atoms. The molecule has 0 saturated heterocycles. The fraction of sp³-hybridized carbons (Fsp3) is 0.444. The van der Waals surface area contributed by atoms with Crippen LogP contribution in [0.5, 0.6) is 5.75 Å². The van der Waals surface area contributed by atoms with Crippen molar-refractivity contribution in [1.29, 1.82) is 0 Å². The molecule has 1 heterocycles. The zero-order valence-corrected chi connectivity index (χ0v) is 18.4. The molecule has 5 nitrogen and oxygen atoms in total. The fourth-order valence-corrected chi connectivity index (χ4v) is 3.06. The predicted octanol–water partition coefficient (Wildman–Crippen LogP) is 3.72. The van der Waals surface area contributed by atoms with Gasteiger partial charge >= 0.3 is 0 Å². The molecule has 0 spiro atoms. The largest absolute Gasteiger partial charge is 0.494 e. The Morgan fingerprint density at radius 3 is 2.84 bits per heavy atom. The number of aryl methyl sites for hydroxylation is 1. The van der Waals surface area contributed by atoms with Crippen molar-refractivity contribution in [2.75, 3.05) is 27.2 Å². The number of thiazole rings is 1. The first-order valence-corrected chi connectivity index (χ1v) is 9.05. The zero-order valence-electron chi connectivity index (χ0n) is 15.3. The van der Waals surface area contributed by atoms with Crippen molar-refractivity contribution in [3.63, 3.8) is 0 Å². The molecule has 0 aliphatic rings. The van der Waals surface area contributed by atoms with Gasteiger partial charge in [0.15, 0.2) is 5.96 Å². The first-order chi connectivity index (χ1) is 11.6. The molecule has 0 bridgehead atoms. The minimum absolute atomic E-state index is 0. The second-order valence-corrected chi connectivity index (χ2v) is 6.58. The SMILES string of the molecule is CCOc1cccc(CCNC(=NC)N(C)Cc2csc(C)n2)c1.I. The van der Waals surface area contributed by atoms with E-state index in [9.17, 15) is 0 Å². The van der Waals surface area contributed by atoms with Crippen LogP contribution in [0.4, 0.5) is 0 Å². The lowest BCUT2D eigenvalue weighted by Crippen LogP contribution is -2.39. The molecule has 138 valence electrons. The lowest BCUT2D eigenvalue weighted by Gasteiger charge is -2.21. The van der Waals surface area contributed by atoms with Crippen molar-refractivity contribution in [2.24, 2.45) is 4.99 Å². The molecule has 0 aliphatic heterocycles. The monoisotopic (exact) mass is 474 g/mol. The quantitative estimate of drug-likeness (QED) is 0.378. The highest BCUT2D eigenvalue weighted by atomic mass is 127. The Morgan fingerprint density at radius 2 is 2.20 bits per heavy atom. The second kappa shape index (κ2) is 11.3. The Labute approximate surface area is 171 Å². The van der Waals surface area contributed by atoms with Gasteiger partial charge in [-0.25, -0.2) is 4.98 Å². The van der Waals surface area contributed by atoms with Crippen LogP contribution in [-0.2, 0) is 13.0 Å². The Hall–Kier alpha value is -1.35. The van der Waals surface area contributed by atoms with E-state index >= 15 is 0 Å². The van der Waals surface area contributed by atoms with Crippen LogP contribution in [0.1, 0.15) is 23.2 Å². The standard InChI is InChI=1S/C18H26N4OS.HI/c1-5-23-17-8-6-7-15(11-17)9-10-20-18(19-3)22(4)12-16-13-24-14(2)21-16;/h6-8,11,13H,5,9-10,12H2,1-4H3,(H,19,20);1H. The van der Waals surface area contributed by atoms with E-state index in [-0.39, 0.29) is 24.0 Å². The number of halogens is 1. The molecule has 2 rings (SSSR count). The Balaban J connectivity index is 0.00000312. The summed E-state index contributed by atoms with van der Waals surface area (Å²) in [5, 5.41) is 6.60. The molecule has 7 heteroatoms. The summed E-state index contributed by atoms with van der Waals surface area (Å²) in [5.74, 6) is 1.80. The van der Waals surface area contributed by atoms with Crippen LogP contribution in [0.25, 0.3) is 0 Å². The maximum absolute atomic E-state index is 5.54. The summed E-state index contributed by atoms with van der Waals surface area (Å²) in [5.41, 5.74) is 2.33. The molecule has 0 saturated carbocycles. The molecule has 0 atom stereocenters. The van der Waals surface area contributed by atoms with Crippen molar-refractivity contribution < 1.29 is 4.74 Å². The molecule has 1 N–H and O–H groups in total. The molecule has 0 radical (unpaired) electrons. The van der Waals surface area contributed by atoms with Gasteiger partial charge in [-0.2, -0.15) is 0 Å². The van der Waals surface area contributed by atoms with Crippen LogP contribution in [0.15, 0.2) is 34.6 Å². The Kier molecular flexibility index (Phi) is 9.81. The summed E-state index contributed by atoms with van der Waals surface area (Å²) >= 11 is 1.68.